The molecule has 0 aliphatic rings. The van der Waals surface area contributed by atoms with Crippen molar-refractivity contribution in [2.45, 2.75) is 0 Å². The minimum atomic E-state index is -1.07. The molecule has 0 aliphatic carbocycles. The van der Waals surface area contributed by atoms with Crippen molar-refractivity contribution >= 4 is 23.5 Å². The molecule has 84 valence electrons. The first-order valence-corrected chi connectivity index (χ1v) is 4.20. The van der Waals surface area contributed by atoms with Crippen molar-refractivity contribution in [2.24, 2.45) is 5.84 Å². The molecule has 16 heavy (non-hydrogen) atoms. The highest BCUT2D eigenvalue weighted by Gasteiger charge is 2.11. The number of hydrazine groups is 1. The minimum absolute atomic E-state index is 0.0845. The molecule has 7 nitrogen and oxygen atoms in total. The summed E-state index contributed by atoms with van der Waals surface area (Å²) in [5.41, 5.74) is 2.06. The van der Waals surface area contributed by atoms with Gasteiger partial charge in [-0.05, 0) is 24.3 Å². The Hall–Kier alpha value is -2.41. The van der Waals surface area contributed by atoms with Crippen molar-refractivity contribution in [1.82, 2.24) is 5.43 Å². The van der Waals surface area contributed by atoms with Crippen LogP contribution in [0.25, 0.3) is 0 Å². The first-order chi connectivity index (χ1) is 7.54. The highest BCUT2D eigenvalue weighted by atomic mass is 16.4. The van der Waals surface area contributed by atoms with E-state index in [4.69, 9.17) is 10.9 Å². The zero-order valence-corrected chi connectivity index (χ0v) is 8.06. The quantitative estimate of drug-likeness (QED) is 0.229. The Morgan fingerprint density at radius 2 is 1.62 bits per heavy atom. The highest BCUT2D eigenvalue weighted by Crippen LogP contribution is 2.09. The van der Waals surface area contributed by atoms with Gasteiger partial charge in [-0.2, -0.15) is 0 Å². The Balaban J connectivity index is 2.72. The molecule has 1 rings (SSSR count). The number of hydrogen-bond acceptors (Lipinski definition) is 4. The van der Waals surface area contributed by atoms with Gasteiger partial charge in [0.25, 0.3) is 0 Å². The lowest BCUT2D eigenvalue weighted by molar-refractivity contribution is -0.136. The second-order valence-corrected chi connectivity index (χ2v) is 2.81. The fraction of sp³-hybridized carbons (Fsp3) is 0. The van der Waals surface area contributed by atoms with Gasteiger partial charge in [0.1, 0.15) is 0 Å². The fourth-order valence-electron chi connectivity index (χ4n) is 0.950. The summed E-state index contributed by atoms with van der Waals surface area (Å²) in [6.45, 7) is 0. The number of nitrogens with one attached hydrogen (secondary N) is 2. The molecular formula is C9H9N3O4. The zero-order chi connectivity index (χ0) is 12.1. The normalized spacial score (nSPS) is 9.31. The van der Waals surface area contributed by atoms with Gasteiger partial charge in [-0.15, -0.1) is 0 Å². The summed E-state index contributed by atoms with van der Waals surface area (Å²) in [6, 6.07) is 5.34. The molecule has 0 radical (unpaired) electrons. The fourth-order valence-corrected chi connectivity index (χ4v) is 0.950. The lowest BCUT2D eigenvalue weighted by atomic mass is 10.2. The monoisotopic (exact) mass is 223 g/mol. The van der Waals surface area contributed by atoms with Crippen molar-refractivity contribution in [3.8, 4) is 0 Å². The van der Waals surface area contributed by atoms with Crippen molar-refractivity contribution in [1.29, 1.82) is 0 Å². The third kappa shape index (κ3) is 2.79. The van der Waals surface area contributed by atoms with Gasteiger partial charge in [-0.3, -0.25) is 15.0 Å². The number of rotatable bonds is 2. The molecule has 0 spiro atoms. The number of amides is 2. The molecule has 0 saturated heterocycles. The SMILES string of the molecule is NNC(=O)C(=O)Nc1ccc(C(=O)O)cc1. The van der Waals surface area contributed by atoms with Gasteiger partial charge in [0, 0.05) is 5.69 Å². The number of hydrogen-bond donors (Lipinski definition) is 4. The molecule has 0 unspecified atom stereocenters. The van der Waals surface area contributed by atoms with Crippen molar-refractivity contribution in [3.63, 3.8) is 0 Å². The van der Waals surface area contributed by atoms with E-state index in [9.17, 15) is 14.4 Å². The Bertz CT molecular complexity index is 427. The largest absolute Gasteiger partial charge is 0.478 e. The number of carboxylic acid groups (broad SMARTS) is 1. The molecule has 0 bridgehead atoms. The molecule has 7 heteroatoms. The van der Waals surface area contributed by atoms with E-state index in [1.54, 1.807) is 5.43 Å². The van der Waals surface area contributed by atoms with Gasteiger partial charge in [-0.25, -0.2) is 10.6 Å². The average molecular weight is 223 g/mol. The maximum Gasteiger partial charge on any atom is 0.335 e. The smallest absolute Gasteiger partial charge is 0.335 e. The maximum absolute atomic E-state index is 11.0. The first-order valence-electron chi connectivity index (χ1n) is 4.20. The predicted octanol–water partition coefficient (Wildman–Crippen LogP) is -0.687. The van der Waals surface area contributed by atoms with E-state index >= 15 is 0 Å². The van der Waals surface area contributed by atoms with Gasteiger partial charge >= 0.3 is 17.8 Å². The van der Waals surface area contributed by atoms with Crippen molar-refractivity contribution in [2.75, 3.05) is 5.32 Å². The van der Waals surface area contributed by atoms with E-state index < -0.39 is 17.8 Å². The number of carbonyl (C=O) groups excluding carboxylic acids is 2. The van der Waals surface area contributed by atoms with Gasteiger partial charge in [-0.1, -0.05) is 0 Å². The number of carbonyl (C=O) groups is 3. The van der Waals surface area contributed by atoms with Gasteiger partial charge in [0.05, 0.1) is 5.56 Å². The summed E-state index contributed by atoms with van der Waals surface area (Å²) in [5.74, 6) is 1.77. The average Bonchev–Trinajstić information content (AvgIpc) is 2.28. The molecule has 0 heterocycles. The number of carboxylic acids is 1. The van der Waals surface area contributed by atoms with E-state index in [-0.39, 0.29) is 5.56 Å². The molecule has 0 fully saturated rings. The standard InChI is InChI=1S/C9H9N3O4/c10-12-8(14)7(13)11-6-3-1-5(2-4-6)9(15)16/h1-4H,10H2,(H,11,13)(H,12,14)(H,15,16). The van der Waals surface area contributed by atoms with Gasteiger partial charge in [0.2, 0.25) is 0 Å². The van der Waals surface area contributed by atoms with Crippen LogP contribution in [0.15, 0.2) is 24.3 Å². The van der Waals surface area contributed by atoms with E-state index in [0.717, 1.165) is 0 Å². The van der Waals surface area contributed by atoms with Crippen LogP contribution in [0.3, 0.4) is 0 Å². The summed E-state index contributed by atoms with van der Waals surface area (Å²) >= 11 is 0. The molecule has 1 aromatic carbocycles. The van der Waals surface area contributed by atoms with E-state index in [0.29, 0.717) is 5.69 Å². The molecule has 2 amide bonds. The summed E-state index contributed by atoms with van der Waals surface area (Å²) in [4.78, 5) is 32.3. The summed E-state index contributed by atoms with van der Waals surface area (Å²) < 4.78 is 0. The third-order valence-electron chi connectivity index (χ3n) is 1.73. The van der Waals surface area contributed by atoms with Gasteiger partial charge < -0.3 is 10.4 Å². The number of anilines is 1. The van der Waals surface area contributed by atoms with Crippen molar-refractivity contribution < 1.29 is 19.5 Å². The molecule has 5 N–H and O–H groups in total. The van der Waals surface area contributed by atoms with E-state index in [2.05, 4.69) is 5.32 Å². The van der Waals surface area contributed by atoms with Crippen LogP contribution in [0.1, 0.15) is 10.4 Å². The van der Waals surface area contributed by atoms with Crippen LogP contribution >= 0.6 is 0 Å². The Morgan fingerprint density at radius 1 is 1.06 bits per heavy atom. The molecular weight excluding hydrogens is 214 g/mol. The molecule has 0 aromatic heterocycles. The molecule has 0 saturated carbocycles. The molecule has 0 atom stereocenters. The Kier molecular flexibility index (Phi) is 3.57. The second-order valence-electron chi connectivity index (χ2n) is 2.81. The second kappa shape index (κ2) is 4.89. The van der Waals surface area contributed by atoms with Crippen LogP contribution in [-0.4, -0.2) is 22.9 Å². The van der Waals surface area contributed by atoms with Crippen LogP contribution in [0, 0.1) is 0 Å². The van der Waals surface area contributed by atoms with Crippen LogP contribution in [-0.2, 0) is 9.59 Å². The van der Waals surface area contributed by atoms with Crippen LogP contribution < -0.4 is 16.6 Å². The van der Waals surface area contributed by atoms with Crippen molar-refractivity contribution in [3.05, 3.63) is 29.8 Å². The first kappa shape index (κ1) is 11.7. The van der Waals surface area contributed by atoms with E-state index in [1.807, 2.05) is 0 Å². The van der Waals surface area contributed by atoms with Crippen LogP contribution in [0.4, 0.5) is 5.69 Å². The Labute approximate surface area is 90.2 Å². The Morgan fingerprint density at radius 3 is 2.06 bits per heavy atom. The molecule has 1 aromatic rings. The zero-order valence-electron chi connectivity index (χ0n) is 8.06. The van der Waals surface area contributed by atoms with Gasteiger partial charge in [0.15, 0.2) is 0 Å². The lowest BCUT2D eigenvalue weighted by Crippen LogP contribution is -2.39. The summed E-state index contributed by atoms with van der Waals surface area (Å²) in [5, 5.41) is 10.9. The van der Waals surface area contributed by atoms with Crippen LogP contribution in [0.2, 0.25) is 0 Å². The number of nitrogens with two attached hydrogens (primary N) is 1. The topological polar surface area (TPSA) is 122 Å². The number of benzene rings is 1. The third-order valence-corrected chi connectivity index (χ3v) is 1.73. The summed E-state index contributed by atoms with van der Waals surface area (Å²) in [6.07, 6.45) is 0. The summed E-state index contributed by atoms with van der Waals surface area (Å²) in [7, 11) is 0. The van der Waals surface area contributed by atoms with Crippen LogP contribution in [0.5, 0.6) is 0 Å². The highest BCUT2D eigenvalue weighted by molar-refractivity contribution is 6.39. The predicted molar refractivity (Wildman–Crippen MR) is 54.4 cm³/mol. The lowest BCUT2D eigenvalue weighted by Gasteiger charge is -2.03. The molecule has 0 aliphatic heterocycles. The van der Waals surface area contributed by atoms with E-state index in [1.165, 1.54) is 24.3 Å². The number of aromatic carboxylic acids is 1. The minimum Gasteiger partial charge on any atom is -0.478 e. The maximum atomic E-state index is 11.0.